The van der Waals surface area contributed by atoms with Crippen LogP contribution in [0.1, 0.15) is 57.2 Å². The van der Waals surface area contributed by atoms with Crippen molar-refractivity contribution in [2.45, 2.75) is 71.6 Å². The molecule has 0 aliphatic carbocycles. The van der Waals surface area contributed by atoms with Crippen LogP contribution in [0.15, 0.2) is 30.3 Å². The van der Waals surface area contributed by atoms with Gasteiger partial charge in [0, 0.05) is 35.4 Å². The number of halogens is 2. The van der Waals surface area contributed by atoms with Gasteiger partial charge in [0.25, 0.3) is 0 Å². The highest BCUT2D eigenvalue weighted by Crippen LogP contribution is 2.40. The van der Waals surface area contributed by atoms with E-state index in [9.17, 15) is 14.0 Å². The molecule has 2 amide bonds. The number of likely N-dealkylation sites (tertiary alicyclic amines) is 1. The molecule has 2 aromatic carbocycles. The maximum Gasteiger partial charge on any atom is 0.232 e. The van der Waals surface area contributed by atoms with Crippen LogP contribution < -0.4 is 9.47 Å². The van der Waals surface area contributed by atoms with Gasteiger partial charge in [0.15, 0.2) is 11.6 Å². The Balaban J connectivity index is 1.42. The van der Waals surface area contributed by atoms with Gasteiger partial charge in [0.2, 0.25) is 11.8 Å². The fourth-order valence-electron chi connectivity index (χ4n) is 4.64. The fourth-order valence-corrected chi connectivity index (χ4v) is 4.91. The number of ether oxygens (including phenoxy) is 2. The molecule has 2 heterocycles. The first kappa shape index (κ1) is 23.6. The highest BCUT2D eigenvalue weighted by atomic mass is 35.5. The summed E-state index contributed by atoms with van der Waals surface area (Å²) in [5.41, 5.74) is 2.15. The first-order chi connectivity index (χ1) is 15.5. The van der Waals surface area contributed by atoms with Gasteiger partial charge in [-0.2, -0.15) is 0 Å². The van der Waals surface area contributed by atoms with Gasteiger partial charge in [0.05, 0.1) is 0 Å². The smallest absolute Gasteiger partial charge is 0.232 e. The summed E-state index contributed by atoms with van der Waals surface area (Å²) < 4.78 is 26.6. The largest absolute Gasteiger partial charge is 0.487 e. The van der Waals surface area contributed by atoms with Crippen LogP contribution in [0, 0.1) is 11.7 Å². The maximum atomic E-state index is 14.8. The Morgan fingerprint density at radius 1 is 1.33 bits per heavy atom. The summed E-state index contributed by atoms with van der Waals surface area (Å²) in [5.74, 6) is -0.392. The summed E-state index contributed by atoms with van der Waals surface area (Å²) in [5, 5.41) is 0.592. The van der Waals surface area contributed by atoms with Gasteiger partial charge < -0.3 is 9.47 Å². The highest BCUT2D eigenvalue weighted by Gasteiger charge is 2.35. The van der Waals surface area contributed by atoms with E-state index in [1.54, 1.807) is 25.1 Å². The second-order valence-corrected chi connectivity index (χ2v) is 10.2. The Bertz CT molecular complexity index is 1100. The van der Waals surface area contributed by atoms with Crippen molar-refractivity contribution in [3.8, 4) is 11.5 Å². The minimum absolute atomic E-state index is 0.0811. The fraction of sp³-hybridized carbons (Fsp3) is 0.462. The van der Waals surface area contributed by atoms with E-state index < -0.39 is 11.7 Å². The molecule has 0 bridgehead atoms. The quantitative estimate of drug-likeness (QED) is 0.556. The van der Waals surface area contributed by atoms with E-state index in [1.165, 1.54) is 11.0 Å². The molecular weight excluding hydrogens is 445 g/mol. The Kier molecular flexibility index (Phi) is 6.41. The first-order valence-corrected chi connectivity index (χ1v) is 11.7. The maximum absolute atomic E-state index is 14.8. The molecule has 0 saturated carbocycles. The van der Waals surface area contributed by atoms with E-state index in [0.29, 0.717) is 29.8 Å². The SMILES string of the molecule is CC1CCC(=O)N1C(=O)[C@H](C)Cc1ccc(OCc2cc(Cl)cc3c2OC(C)(C)C3)c(F)c1. The van der Waals surface area contributed by atoms with Crippen molar-refractivity contribution in [2.75, 3.05) is 0 Å². The average molecular weight is 474 g/mol. The van der Waals surface area contributed by atoms with Gasteiger partial charge in [-0.05, 0) is 69.0 Å². The number of hydrogen-bond acceptors (Lipinski definition) is 4. The van der Waals surface area contributed by atoms with Crippen LogP contribution in [0.2, 0.25) is 5.02 Å². The topological polar surface area (TPSA) is 55.8 Å². The third-order valence-electron chi connectivity index (χ3n) is 6.27. The number of carbonyl (C=O) groups excluding carboxylic acids is 2. The number of hydrogen-bond donors (Lipinski definition) is 0. The van der Waals surface area contributed by atoms with E-state index in [4.69, 9.17) is 21.1 Å². The third-order valence-corrected chi connectivity index (χ3v) is 6.49. The van der Waals surface area contributed by atoms with E-state index in [1.807, 2.05) is 26.8 Å². The molecule has 0 N–H and O–H groups in total. The van der Waals surface area contributed by atoms with E-state index >= 15 is 0 Å². The summed E-state index contributed by atoms with van der Waals surface area (Å²) in [6.45, 7) is 7.79. The van der Waals surface area contributed by atoms with Gasteiger partial charge in [-0.15, -0.1) is 0 Å². The molecule has 0 radical (unpaired) electrons. The molecule has 0 spiro atoms. The van der Waals surface area contributed by atoms with Crippen molar-refractivity contribution < 1.29 is 23.5 Å². The minimum atomic E-state index is -0.502. The van der Waals surface area contributed by atoms with Crippen molar-refractivity contribution in [3.05, 3.63) is 57.9 Å². The molecule has 4 rings (SSSR count). The highest BCUT2D eigenvalue weighted by molar-refractivity contribution is 6.30. The minimum Gasteiger partial charge on any atom is -0.487 e. The molecule has 176 valence electrons. The number of fused-ring (bicyclic) bond motifs is 1. The number of nitrogens with zero attached hydrogens (tertiary/aromatic N) is 1. The number of benzene rings is 2. The predicted octanol–water partition coefficient (Wildman–Crippen LogP) is 5.49. The van der Waals surface area contributed by atoms with Crippen LogP contribution in [0.25, 0.3) is 0 Å². The van der Waals surface area contributed by atoms with Crippen LogP contribution in [0.3, 0.4) is 0 Å². The van der Waals surface area contributed by atoms with Gasteiger partial charge in [0.1, 0.15) is 18.0 Å². The van der Waals surface area contributed by atoms with Crippen LogP contribution >= 0.6 is 11.6 Å². The summed E-state index contributed by atoms with van der Waals surface area (Å²) in [6.07, 6.45) is 2.18. The molecule has 1 saturated heterocycles. The Labute approximate surface area is 198 Å². The molecular formula is C26H29ClFNO4. The summed E-state index contributed by atoms with van der Waals surface area (Å²) in [6, 6.07) is 8.30. The Hall–Kier alpha value is -2.60. The van der Waals surface area contributed by atoms with Crippen LogP contribution in [0.5, 0.6) is 11.5 Å². The zero-order valence-electron chi connectivity index (χ0n) is 19.4. The lowest BCUT2D eigenvalue weighted by molar-refractivity contribution is -0.146. The van der Waals surface area contributed by atoms with E-state index in [0.717, 1.165) is 23.3 Å². The normalized spacial score (nSPS) is 19.9. The molecule has 2 aliphatic heterocycles. The second kappa shape index (κ2) is 8.98. The van der Waals surface area contributed by atoms with Gasteiger partial charge in [-0.1, -0.05) is 24.6 Å². The Morgan fingerprint density at radius 2 is 2.09 bits per heavy atom. The lowest BCUT2D eigenvalue weighted by Gasteiger charge is -2.23. The average Bonchev–Trinajstić information content (AvgIpc) is 3.23. The lowest BCUT2D eigenvalue weighted by Crippen LogP contribution is -2.40. The predicted molar refractivity (Wildman–Crippen MR) is 124 cm³/mol. The van der Waals surface area contributed by atoms with Crippen molar-refractivity contribution in [2.24, 2.45) is 5.92 Å². The summed E-state index contributed by atoms with van der Waals surface area (Å²) >= 11 is 6.26. The summed E-state index contributed by atoms with van der Waals surface area (Å²) in [4.78, 5) is 26.1. The standard InChI is InChI=1S/C26H29ClFNO4/c1-15(25(31)29-16(2)5-8-23(29)30)9-17-6-7-22(21(28)10-17)32-14-19-12-20(27)11-18-13-26(3,4)33-24(18)19/h6-7,10-12,15-16H,5,8-9,13-14H2,1-4H3/t15-,16?/m1/s1. The number of carbonyl (C=O) groups is 2. The monoisotopic (exact) mass is 473 g/mol. The number of amides is 2. The molecule has 1 unspecified atom stereocenters. The number of imide groups is 1. The molecule has 2 aliphatic rings. The van der Waals surface area contributed by atoms with Gasteiger partial charge in [-0.25, -0.2) is 4.39 Å². The molecule has 2 atom stereocenters. The lowest BCUT2D eigenvalue weighted by atomic mass is 9.99. The van der Waals surface area contributed by atoms with Crippen molar-refractivity contribution >= 4 is 23.4 Å². The van der Waals surface area contributed by atoms with Crippen LogP contribution in [-0.4, -0.2) is 28.4 Å². The van der Waals surface area contributed by atoms with Gasteiger partial charge in [-0.3, -0.25) is 14.5 Å². The van der Waals surface area contributed by atoms with Crippen molar-refractivity contribution in [3.63, 3.8) is 0 Å². The van der Waals surface area contributed by atoms with Crippen molar-refractivity contribution in [1.82, 2.24) is 4.90 Å². The van der Waals surface area contributed by atoms with E-state index in [-0.39, 0.29) is 35.8 Å². The Morgan fingerprint density at radius 3 is 2.76 bits per heavy atom. The second-order valence-electron chi connectivity index (χ2n) is 9.74. The molecule has 0 aromatic heterocycles. The zero-order valence-corrected chi connectivity index (χ0v) is 20.2. The molecule has 2 aromatic rings. The van der Waals surface area contributed by atoms with Gasteiger partial charge >= 0.3 is 0 Å². The van der Waals surface area contributed by atoms with E-state index in [2.05, 4.69) is 0 Å². The van der Waals surface area contributed by atoms with Crippen LogP contribution in [-0.2, 0) is 29.0 Å². The molecule has 33 heavy (non-hydrogen) atoms. The van der Waals surface area contributed by atoms with Crippen LogP contribution in [0.4, 0.5) is 4.39 Å². The first-order valence-electron chi connectivity index (χ1n) is 11.3. The number of rotatable bonds is 6. The molecule has 1 fully saturated rings. The van der Waals surface area contributed by atoms with Crippen molar-refractivity contribution in [1.29, 1.82) is 0 Å². The molecule has 7 heteroatoms. The molecule has 5 nitrogen and oxygen atoms in total. The zero-order chi connectivity index (χ0) is 23.9. The third kappa shape index (κ3) is 5.01. The summed E-state index contributed by atoms with van der Waals surface area (Å²) in [7, 11) is 0.